The Hall–Kier alpha value is -3.33. The van der Waals surface area contributed by atoms with Crippen LogP contribution in [0.2, 0.25) is 0 Å². The molecule has 6 nitrogen and oxygen atoms in total. The Morgan fingerprint density at radius 3 is 2.25 bits per heavy atom. The highest BCUT2D eigenvalue weighted by molar-refractivity contribution is 5.95. The number of amides is 2. The average molecular weight is 323 g/mol. The number of aryl methyl sites for hydroxylation is 2. The molecule has 0 atom stereocenters. The van der Waals surface area contributed by atoms with Crippen LogP contribution in [-0.4, -0.2) is 18.4 Å². The van der Waals surface area contributed by atoms with E-state index >= 15 is 0 Å². The first-order valence-corrected chi connectivity index (χ1v) is 7.29. The lowest BCUT2D eigenvalue weighted by Crippen LogP contribution is -2.43. The van der Waals surface area contributed by atoms with Gasteiger partial charge in [0.1, 0.15) is 5.75 Å². The minimum absolute atomic E-state index is 0.209. The minimum Gasteiger partial charge on any atom is -0.483 e. The average Bonchev–Trinajstić information content (AvgIpc) is 2.59. The second-order valence-corrected chi connectivity index (χ2v) is 5.20. The van der Waals surface area contributed by atoms with Gasteiger partial charge in [-0.2, -0.15) is 5.26 Å². The fourth-order valence-electron chi connectivity index (χ4n) is 2.10. The third-order valence-corrected chi connectivity index (χ3v) is 3.35. The van der Waals surface area contributed by atoms with Crippen LogP contribution in [-0.2, 0) is 4.79 Å². The molecule has 0 unspecified atom stereocenters. The van der Waals surface area contributed by atoms with Gasteiger partial charge in [-0.25, -0.2) is 0 Å². The van der Waals surface area contributed by atoms with Gasteiger partial charge in [0.2, 0.25) is 0 Å². The van der Waals surface area contributed by atoms with Crippen molar-refractivity contribution in [3.8, 4) is 11.8 Å². The third-order valence-electron chi connectivity index (χ3n) is 3.35. The van der Waals surface area contributed by atoms with Crippen molar-refractivity contribution in [2.75, 3.05) is 6.61 Å². The van der Waals surface area contributed by atoms with Crippen LogP contribution in [0.3, 0.4) is 0 Å². The normalized spacial score (nSPS) is 9.71. The Morgan fingerprint density at radius 2 is 1.67 bits per heavy atom. The molecule has 2 N–H and O–H groups in total. The molecule has 2 rings (SSSR count). The summed E-state index contributed by atoms with van der Waals surface area (Å²) in [6.45, 7) is 3.58. The molecule has 0 spiro atoms. The van der Waals surface area contributed by atoms with Gasteiger partial charge in [-0.05, 0) is 49.2 Å². The van der Waals surface area contributed by atoms with Crippen LogP contribution >= 0.6 is 0 Å². The topological polar surface area (TPSA) is 91.2 Å². The molecule has 0 saturated carbocycles. The molecule has 0 aliphatic rings. The van der Waals surface area contributed by atoms with E-state index in [1.807, 2.05) is 38.1 Å². The van der Waals surface area contributed by atoms with Crippen LogP contribution in [0.5, 0.6) is 5.75 Å². The van der Waals surface area contributed by atoms with E-state index in [9.17, 15) is 9.59 Å². The maximum Gasteiger partial charge on any atom is 0.276 e. The standard InChI is InChI=1S/C18H17N3O3/c1-12-4-3-5-13(2)17(12)24-11-16(22)20-21-18(23)15-8-6-14(10-19)7-9-15/h3-9H,11H2,1-2H3,(H,20,22)(H,21,23). The fourth-order valence-corrected chi connectivity index (χ4v) is 2.10. The summed E-state index contributed by atoms with van der Waals surface area (Å²) in [5.74, 6) is -0.286. The zero-order valence-electron chi connectivity index (χ0n) is 13.4. The lowest BCUT2D eigenvalue weighted by molar-refractivity contribution is -0.123. The maximum atomic E-state index is 11.9. The van der Waals surface area contributed by atoms with E-state index in [0.29, 0.717) is 16.9 Å². The summed E-state index contributed by atoms with van der Waals surface area (Å²) in [4.78, 5) is 23.7. The zero-order valence-corrected chi connectivity index (χ0v) is 13.4. The molecule has 0 aliphatic carbocycles. The molecule has 2 aromatic rings. The summed E-state index contributed by atoms with van der Waals surface area (Å²) >= 11 is 0. The number of hydrogen-bond donors (Lipinski definition) is 2. The second-order valence-electron chi connectivity index (χ2n) is 5.20. The molecule has 0 heterocycles. The Labute approximate surface area is 140 Å². The number of carbonyl (C=O) groups excluding carboxylic acids is 2. The smallest absolute Gasteiger partial charge is 0.276 e. The predicted molar refractivity (Wildman–Crippen MR) is 88.2 cm³/mol. The summed E-state index contributed by atoms with van der Waals surface area (Å²) in [5, 5.41) is 8.71. The van der Waals surface area contributed by atoms with Crippen molar-refractivity contribution in [1.29, 1.82) is 5.26 Å². The molecule has 0 saturated heterocycles. The van der Waals surface area contributed by atoms with Crippen molar-refractivity contribution >= 4 is 11.8 Å². The number of nitrogens with one attached hydrogen (secondary N) is 2. The van der Waals surface area contributed by atoms with Gasteiger partial charge in [-0.15, -0.1) is 0 Å². The third kappa shape index (κ3) is 4.34. The van der Waals surface area contributed by atoms with Gasteiger partial charge in [0.25, 0.3) is 11.8 Å². The first-order valence-electron chi connectivity index (χ1n) is 7.29. The highest BCUT2D eigenvalue weighted by Crippen LogP contribution is 2.21. The van der Waals surface area contributed by atoms with E-state index in [0.717, 1.165) is 11.1 Å². The molecule has 0 fully saturated rings. The number of hydrogen-bond acceptors (Lipinski definition) is 4. The Bertz CT molecular complexity index is 772. The van der Waals surface area contributed by atoms with E-state index in [2.05, 4.69) is 10.9 Å². The minimum atomic E-state index is -0.473. The monoisotopic (exact) mass is 323 g/mol. The first-order chi connectivity index (χ1) is 11.5. The van der Waals surface area contributed by atoms with E-state index in [1.54, 1.807) is 0 Å². The molecule has 0 radical (unpaired) electrons. The van der Waals surface area contributed by atoms with Crippen LogP contribution < -0.4 is 15.6 Å². The molecule has 2 amide bonds. The Balaban J connectivity index is 1.84. The van der Waals surface area contributed by atoms with Gasteiger partial charge in [0.05, 0.1) is 11.6 Å². The molecule has 122 valence electrons. The Kier molecular flexibility index (Phi) is 5.53. The molecule has 0 bridgehead atoms. The number of nitrogens with zero attached hydrogens (tertiary/aromatic N) is 1. The van der Waals surface area contributed by atoms with Crippen LogP contribution in [0.1, 0.15) is 27.0 Å². The maximum absolute atomic E-state index is 11.9. The van der Waals surface area contributed by atoms with E-state index in [-0.39, 0.29) is 6.61 Å². The number of rotatable bonds is 4. The van der Waals surface area contributed by atoms with Crippen molar-refractivity contribution in [3.63, 3.8) is 0 Å². The van der Waals surface area contributed by atoms with Crippen molar-refractivity contribution in [1.82, 2.24) is 10.9 Å². The highest BCUT2D eigenvalue weighted by Gasteiger charge is 2.09. The second kappa shape index (κ2) is 7.79. The summed E-state index contributed by atoms with van der Waals surface area (Å²) in [7, 11) is 0. The molecular formula is C18H17N3O3. The predicted octanol–water partition coefficient (Wildman–Crippen LogP) is 2.02. The largest absolute Gasteiger partial charge is 0.483 e. The number of hydrazine groups is 1. The molecule has 0 aliphatic heterocycles. The van der Waals surface area contributed by atoms with Gasteiger partial charge in [-0.3, -0.25) is 20.4 Å². The van der Waals surface area contributed by atoms with Gasteiger partial charge >= 0.3 is 0 Å². The van der Waals surface area contributed by atoms with Crippen LogP contribution in [0.4, 0.5) is 0 Å². The number of para-hydroxylation sites is 1. The van der Waals surface area contributed by atoms with Crippen LogP contribution in [0.15, 0.2) is 42.5 Å². The number of nitriles is 1. The Morgan fingerprint density at radius 1 is 1.04 bits per heavy atom. The van der Waals surface area contributed by atoms with Crippen LogP contribution in [0, 0.1) is 25.2 Å². The highest BCUT2D eigenvalue weighted by atomic mass is 16.5. The summed E-state index contributed by atoms with van der Waals surface area (Å²) < 4.78 is 5.50. The lowest BCUT2D eigenvalue weighted by atomic mass is 10.1. The van der Waals surface area contributed by atoms with Gasteiger partial charge < -0.3 is 4.74 Å². The fraction of sp³-hybridized carbons (Fsp3) is 0.167. The van der Waals surface area contributed by atoms with Crippen molar-refractivity contribution in [2.45, 2.75) is 13.8 Å². The lowest BCUT2D eigenvalue weighted by Gasteiger charge is -2.12. The van der Waals surface area contributed by atoms with Crippen LogP contribution in [0.25, 0.3) is 0 Å². The van der Waals surface area contributed by atoms with Crippen molar-refractivity contribution in [2.24, 2.45) is 0 Å². The molecule has 24 heavy (non-hydrogen) atoms. The molecule has 0 aromatic heterocycles. The van der Waals surface area contributed by atoms with Crippen molar-refractivity contribution < 1.29 is 14.3 Å². The molecular weight excluding hydrogens is 306 g/mol. The van der Waals surface area contributed by atoms with Gasteiger partial charge in [0.15, 0.2) is 6.61 Å². The number of benzene rings is 2. The zero-order chi connectivity index (χ0) is 17.5. The van der Waals surface area contributed by atoms with E-state index < -0.39 is 11.8 Å². The summed E-state index contributed by atoms with van der Waals surface area (Å²) in [6, 6.07) is 13.7. The first kappa shape index (κ1) is 17.0. The number of carbonyl (C=O) groups is 2. The van der Waals surface area contributed by atoms with Gasteiger partial charge in [0, 0.05) is 5.56 Å². The van der Waals surface area contributed by atoms with Crippen molar-refractivity contribution in [3.05, 3.63) is 64.7 Å². The van der Waals surface area contributed by atoms with Gasteiger partial charge in [-0.1, -0.05) is 18.2 Å². The SMILES string of the molecule is Cc1cccc(C)c1OCC(=O)NNC(=O)c1ccc(C#N)cc1. The summed E-state index contributed by atoms with van der Waals surface area (Å²) in [6.07, 6.45) is 0. The quantitative estimate of drug-likeness (QED) is 0.842. The molecule has 2 aromatic carbocycles. The van der Waals surface area contributed by atoms with E-state index in [4.69, 9.17) is 10.00 Å². The number of ether oxygens (including phenoxy) is 1. The van der Waals surface area contributed by atoms with E-state index in [1.165, 1.54) is 24.3 Å². The molecule has 6 heteroatoms. The summed E-state index contributed by atoms with van der Waals surface area (Å²) in [5.41, 5.74) is 7.25.